The van der Waals surface area contributed by atoms with Crippen LogP contribution in [0.4, 0.5) is 0 Å². The first-order valence-corrected chi connectivity index (χ1v) is 3.53. The van der Waals surface area contributed by atoms with E-state index >= 15 is 0 Å². The van der Waals surface area contributed by atoms with E-state index in [9.17, 15) is 0 Å². The first kappa shape index (κ1) is 6.71. The van der Waals surface area contributed by atoms with E-state index in [1.165, 1.54) is 5.57 Å². The molecule has 1 rings (SSSR count). The number of terminal acetylenes is 1. The van der Waals surface area contributed by atoms with Crippen molar-refractivity contribution in [3.63, 3.8) is 0 Å². The van der Waals surface area contributed by atoms with Gasteiger partial charge in [0.25, 0.3) is 0 Å². The van der Waals surface area contributed by atoms with E-state index in [4.69, 9.17) is 18.0 Å². The Morgan fingerprint density at radius 2 is 2.67 bits per heavy atom. The van der Waals surface area contributed by atoms with E-state index in [1.807, 2.05) is 0 Å². The predicted molar refractivity (Wildman–Crippen MR) is 40.4 cm³/mol. The summed E-state index contributed by atoms with van der Waals surface area (Å²) in [4.78, 5) is 0. The smallest absolute Gasteiger partial charge is 0.0522 e. The van der Waals surface area contributed by atoms with Gasteiger partial charge in [-0.25, -0.2) is 0 Å². The molecule has 0 heterocycles. The van der Waals surface area contributed by atoms with Gasteiger partial charge in [-0.3, -0.25) is 0 Å². The quantitative estimate of drug-likeness (QED) is 0.298. The number of alkyl halides is 1. The highest BCUT2D eigenvalue weighted by Crippen LogP contribution is 2.24. The van der Waals surface area contributed by atoms with E-state index < -0.39 is 0 Å². The normalized spacial score (nSPS) is 25.3. The predicted octanol–water partition coefficient (Wildman–Crippen LogP) is 2.34. The summed E-state index contributed by atoms with van der Waals surface area (Å²) in [6.07, 6.45) is 10.1. The molecule has 0 N–H and O–H groups in total. The second-order valence-electron chi connectivity index (χ2n) is 2.26. The van der Waals surface area contributed by atoms with E-state index in [0.29, 0.717) is 0 Å². The van der Waals surface area contributed by atoms with Gasteiger partial charge >= 0.3 is 0 Å². The fourth-order valence-electron chi connectivity index (χ4n) is 1.02. The molecule has 0 aliphatic heterocycles. The van der Waals surface area contributed by atoms with Crippen molar-refractivity contribution in [3.8, 4) is 12.3 Å². The molecule has 0 aromatic carbocycles. The van der Waals surface area contributed by atoms with Crippen LogP contribution in [-0.2, 0) is 0 Å². The molecule has 0 bridgehead atoms. The number of hydrogen-bond acceptors (Lipinski definition) is 0. The van der Waals surface area contributed by atoms with Crippen LogP contribution < -0.4 is 0 Å². The van der Waals surface area contributed by atoms with Gasteiger partial charge in [0.1, 0.15) is 0 Å². The van der Waals surface area contributed by atoms with E-state index in [0.717, 1.165) is 19.3 Å². The van der Waals surface area contributed by atoms with E-state index in [2.05, 4.69) is 12.0 Å². The minimum absolute atomic E-state index is 0.244. The molecule has 1 atom stereocenters. The van der Waals surface area contributed by atoms with Crippen LogP contribution in [0.15, 0.2) is 11.6 Å². The fraction of sp³-hybridized carbons (Fsp3) is 0.500. The van der Waals surface area contributed by atoms with Crippen LogP contribution in [0.5, 0.6) is 0 Å². The van der Waals surface area contributed by atoms with Crippen LogP contribution in [0.25, 0.3) is 0 Å². The lowest BCUT2D eigenvalue weighted by Crippen LogP contribution is -1.81. The monoisotopic (exact) mass is 140 g/mol. The van der Waals surface area contributed by atoms with E-state index in [1.54, 1.807) is 0 Å². The molecule has 48 valence electrons. The maximum absolute atomic E-state index is 5.80. The minimum Gasteiger partial charge on any atom is -0.120 e. The third kappa shape index (κ3) is 1.77. The summed E-state index contributed by atoms with van der Waals surface area (Å²) < 4.78 is 0. The van der Waals surface area contributed by atoms with Crippen LogP contribution in [0, 0.1) is 12.3 Å². The second-order valence-corrected chi connectivity index (χ2v) is 2.82. The van der Waals surface area contributed by atoms with E-state index in [-0.39, 0.29) is 5.38 Å². The average Bonchev–Trinajstić information content (AvgIpc) is 2.17. The molecule has 1 aliphatic rings. The van der Waals surface area contributed by atoms with Crippen LogP contribution in [0.2, 0.25) is 0 Å². The highest BCUT2D eigenvalue weighted by atomic mass is 35.5. The number of hydrogen-bond donors (Lipinski definition) is 0. The largest absolute Gasteiger partial charge is 0.120 e. The zero-order valence-corrected chi connectivity index (χ0v) is 5.99. The lowest BCUT2D eigenvalue weighted by molar-refractivity contribution is 0.901. The van der Waals surface area contributed by atoms with Gasteiger partial charge < -0.3 is 0 Å². The molecular weight excluding hydrogens is 132 g/mol. The molecule has 0 spiro atoms. The molecular formula is C8H9Cl. The molecule has 0 aromatic rings. The highest BCUT2D eigenvalue weighted by Gasteiger charge is 2.10. The van der Waals surface area contributed by atoms with Crippen molar-refractivity contribution in [3.05, 3.63) is 11.6 Å². The van der Waals surface area contributed by atoms with Crippen LogP contribution in [-0.4, -0.2) is 5.38 Å². The van der Waals surface area contributed by atoms with Gasteiger partial charge in [0.2, 0.25) is 0 Å². The lowest BCUT2D eigenvalue weighted by Gasteiger charge is -1.88. The van der Waals surface area contributed by atoms with Gasteiger partial charge in [-0.15, -0.1) is 23.9 Å². The summed E-state index contributed by atoms with van der Waals surface area (Å²) in [6.45, 7) is 0. The number of rotatable bonds is 1. The Bertz CT molecular complexity index is 162. The summed E-state index contributed by atoms with van der Waals surface area (Å²) >= 11 is 5.80. The molecule has 0 nitrogen and oxygen atoms in total. The van der Waals surface area contributed by atoms with Crippen LogP contribution in [0.1, 0.15) is 19.3 Å². The van der Waals surface area contributed by atoms with Gasteiger partial charge in [0.15, 0.2) is 0 Å². The summed E-state index contributed by atoms with van der Waals surface area (Å²) in [5.41, 5.74) is 1.33. The lowest BCUT2D eigenvalue weighted by atomic mass is 10.2. The van der Waals surface area contributed by atoms with Crippen LogP contribution in [0.3, 0.4) is 0 Å². The Morgan fingerprint density at radius 3 is 3.11 bits per heavy atom. The summed E-state index contributed by atoms with van der Waals surface area (Å²) in [7, 11) is 0. The zero-order valence-electron chi connectivity index (χ0n) is 5.23. The van der Waals surface area contributed by atoms with Crippen molar-refractivity contribution in [2.45, 2.75) is 24.6 Å². The molecule has 9 heavy (non-hydrogen) atoms. The Morgan fingerprint density at radius 1 is 1.89 bits per heavy atom. The van der Waals surface area contributed by atoms with Gasteiger partial charge in [0, 0.05) is 6.42 Å². The Kier molecular flexibility index (Phi) is 2.19. The highest BCUT2D eigenvalue weighted by molar-refractivity contribution is 6.22. The Labute approximate surface area is 60.9 Å². The van der Waals surface area contributed by atoms with Gasteiger partial charge in [-0.1, -0.05) is 11.6 Å². The number of allylic oxidation sites excluding steroid dienone is 2. The number of halogens is 1. The fourth-order valence-corrected chi connectivity index (χ4v) is 1.31. The van der Waals surface area contributed by atoms with Gasteiger partial charge in [-0.2, -0.15) is 0 Å². The Hall–Kier alpha value is -0.410. The molecule has 0 fully saturated rings. The molecule has 0 aromatic heterocycles. The first-order chi connectivity index (χ1) is 4.33. The van der Waals surface area contributed by atoms with Crippen molar-refractivity contribution in [1.29, 1.82) is 0 Å². The molecule has 1 aliphatic carbocycles. The maximum atomic E-state index is 5.80. The van der Waals surface area contributed by atoms with Crippen molar-refractivity contribution < 1.29 is 0 Å². The van der Waals surface area contributed by atoms with Crippen LogP contribution >= 0.6 is 11.6 Å². The van der Waals surface area contributed by atoms with Gasteiger partial charge in [0.05, 0.1) is 5.38 Å². The SMILES string of the molecule is C#CCC1=CC(Cl)CC1. The minimum atomic E-state index is 0.244. The first-order valence-electron chi connectivity index (χ1n) is 3.10. The van der Waals surface area contributed by atoms with Gasteiger partial charge in [-0.05, 0) is 12.8 Å². The third-order valence-corrected chi connectivity index (χ3v) is 1.83. The molecule has 0 amide bonds. The summed E-state index contributed by atoms with van der Waals surface area (Å²) in [5.74, 6) is 2.60. The van der Waals surface area contributed by atoms with Crippen molar-refractivity contribution in [1.82, 2.24) is 0 Å². The topological polar surface area (TPSA) is 0 Å². The standard InChI is InChI=1S/C8H9Cl/c1-2-3-7-4-5-8(9)6-7/h1,6,8H,3-5H2. The maximum Gasteiger partial charge on any atom is 0.0522 e. The zero-order chi connectivity index (χ0) is 6.69. The molecule has 1 heteroatoms. The summed E-state index contributed by atoms with van der Waals surface area (Å²) in [6, 6.07) is 0. The summed E-state index contributed by atoms with van der Waals surface area (Å²) in [5, 5.41) is 0.244. The van der Waals surface area contributed by atoms with Crippen molar-refractivity contribution in [2.75, 3.05) is 0 Å². The molecule has 0 saturated heterocycles. The second kappa shape index (κ2) is 2.94. The molecule has 1 unspecified atom stereocenters. The Balaban J connectivity index is 2.44. The third-order valence-electron chi connectivity index (χ3n) is 1.49. The van der Waals surface area contributed by atoms with Crippen molar-refractivity contribution in [2.24, 2.45) is 0 Å². The van der Waals surface area contributed by atoms with Crippen molar-refractivity contribution >= 4 is 11.6 Å². The molecule has 0 saturated carbocycles. The average molecular weight is 141 g/mol. The molecule has 0 radical (unpaired) electrons.